The fraction of sp³-hybridized carbons (Fsp3) is 0.300. The highest BCUT2D eigenvalue weighted by Gasteiger charge is 2.42. The number of rotatable bonds is 8. The first-order valence-electron chi connectivity index (χ1n) is 9.17. The molecule has 152 valence electrons. The quantitative estimate of drug-likeness (QED) is 0.285. The molecule has 1 amide bonds. The summed E-state index contributed by atoms with van der Waals surface area (Å²) in [6.07, 6.45) is 7.84. The molecule has 1 unspecified atom stereocenters. The first-order valence-corrected chi connectivity index (χ1v) is 10.7. The fourth-order valence-electron chi connectivity index (χ4n) is 3.05. The largest absolute Gasteiger partial charge is 0.442 e. The Bertz CT molecular complexity index is 908. The van der Waals surface area contributed by atoms with Crippen molar-refractivity contribution in [3.8, 4) is 0 Å². The molecule has 9 heteroatoms. The Morgan fingerprint density at radius 1 is 1.45 bits per heavy atom. The third-order valence-electron chi connectivity index (χ3n) is 4.57. The Balaban J connectivity index is 1.59. The monoisotopic (exact) mass is 432 g/mol. The van der Waals surface area contributed by atoms with Gasteiger partial charge in [0.2, 0.25) is 5.91 Å². The van der Waals surface area contributed by atoms with E-state index in [2.05, 4.69) is 16.4 Å². The van der Waals surface area contributed by atoms with Crippen LogP contribution in [-0.4, -0.2) is 46.4 Å². The van der Waals surface area contributed by atoms with Gasteiger partial charge in [-0.15, -0.1) is 11.6 Å². The number of benzene rings is 1. The fourth-order valence-corrected chi connectivity index (χ4v) is 3.89. The minimum Gasteiger partial charge on any atom is -0.384 e. The minimum atomic E-state index is -0.485. The molecule has 7 nitrogen and oxygen atoms in total. The van der Waals surface area contributed by atoms with Crippen molar-refractivity contribution in [2.24, 2.45) is 10.7 Å². The second kappa shape index (κ2) is 9.76. The van der Waals surface area contributed by atoms with Crippen LogP contribution in [0.3, 0.4) is 0 Å². The molecular weight excluding hydrogens is 410 g/mol. The molecule has 2 aliphatic rings. The molecule has 1 aliphatic carbocycles. The van der Waals surface area contributed by atoms with Crippen LogP contribution in [0.25, 0.3) is 6.08 Å². The van der Waals surface area contributed by atoms with E-state index in [4.69, 9.17) is 17.3 Å². The van der Waals surface area contributed by atoms with Crippen LogP contribution in [0.4, 0.5) is 0 Å². The Kier molecular flexibility index (Phi) is 7.11. The number of halogens is 1. The second-order valence-corrected chi connectivity index (χ2v) is 7.88. The number of hydrogen-bond donors (Lipinski definition) is 2. The van der Waals surface area contributed by atoms with E-state index in [1.807, 2.05) is 42.3 Å². The SMILES string of the molecule is CN1C([N+](=O)SCc2ccc(C=CC(N)=O)cc2)=NC2=CC(NCCCl)=CCC21. The number of guanidine groups is 1. The van der Waals surface area contributed by atoms with Gasteiger partial charge in [-0.1, -0.05) is 40.2 Å². The van der Waals surface area contributed by atoms with Crippen molar-refractivity contribution in [3.05, 3.63) is 69.9 Å². The summed E-state index contributed by atoms with van der Waals surface area (Å²) in [7, 11) is 1.89. The van der Waals surface area contributed by atoms with Gasteiger partial charge in [-0.05, 0) is 17.2 Å². The van der Waals surface area contributed by atoms with Crippen LogP contribution in [0, 0.1) is 4.91 Å². The van der Waals surface area contributed by atoms with Crippen molar-refractivity contribution in [3.63, 3.8) is 0 Å². The Morgan fingerprint density at radius 2 is 2.21 bits per heavy atom. The Labute approximate surface area is 179 Å². The smallest absolute Gasteiger partial charge is 0.384 e. The van der Waals surface area contributed by atoms with Crippen LogP contribution in [0.5, 0.6) is 0 Å². The normalized spacial score (nSPS) is 18.2. The molecule has 1 atom stereocenters. The Morgan fingerprint density at radius 3 is 2.90 bits per heavy atom. The third-order valence-corrected chi connectivity index (χ3v) is 5.62. The number of nitrogens with zero attached hydrogens (tertiary/aromatic N) is 3. The summed E-state index contributed by atoms with van der Waals surface area (Å²) in [5, 5.41) is 3.25. The predicted octanol–water partition coefficient (Wildman–Crippen LogP) is 2.78. The third kappa shape index (κ3) is 5.48. The van der Waals surface area contributed by atoms with Gasteiger partial charge in [-0.3, -0.25) is 9.69 Å². The molecular formula is C20H23ClN5O2S+. The van der Waals surface area contributed by atoms with Gasteiger partial charge in [0.15, 0.2) is 5.70 Å². The van der Waals surface area contributed by atoms with Crippen LogP contribution in [-0.2, 0) is 10.5 Å². The summed E-state index contributed by atoms with van der Waals surface area (Å²) < 4.78 is 0.867. The van der Waals surface area contributed by atoms with Crippen LogP contribution < -0.4 is 11.1 Å². The van der Waals surface area contributed by atoms with E-state index in [9.17, 15) is 9.70 Å². The van der Waals surface area contributed by atoms with Crippen LogP contribution in [0.15, 0.2) is 58.9 Å². The lowest BCUT2D eigenvalue weighted by Crippen LogP contribution is -2.36. The predicted molar refractivity (Wildman–Crippen MR) is 118 cm³/mol. The molecule has 0 spiro atoms. The van der Waals surface area contributed by atoms with Crippen LogP contribution >= 0.6 is 23.5 Å². The number of fused-ring (bicyclic) bond motifs is 1. The molecule has 0 saturated carbocycles. The van der Waals surface area contributed by atoms with Crippen molar-refractivity contribution in [2.45, 2.75) is 18.2 Å². The summed E-state index contributed by atoms with van der Waals surface area (Å²) in [5.74, 6) is 0.965. The van der Waals surface area contributed by atoms with Crippen LogP contribution in [0.1, 0.15) is 17.5 Å². The van der Waals surface area contributed by atoms with Crippen molar-refractivity contribution in [1.29, 1.82) is 0 Å². The summed E-state index contributed by atoms with van der Waals surface area (Å²) in [4.78, 5) is 29.9. The molecule has 0 bridgehead atoms. The lowest BCUT2D eigenvalue weighted by atomic mass is 10.0. The number of primary amides is 1. The van der Waals surface area contributed by atoms with E-state index in [-0.39, 0.29) is 6.04 Å². The van der Waals surface area contributed by atoms with E-state index in [0.29, 0.717) is 24.1 Å². The second-order valence-electron chi connectivity index (χ2n) is 6.63. The first-order chi connectivity index (χ1) is 14.0. The molecule has 0 radical (unpaired) electrons. The zero-order chi connectivity index (χ0) is 20.8. The van der Waals surface area contributed by atoms with Gasteiger partial charge >= 0.3 is 5.96 Å². The topological polar surface area (TPSA) is 90.8 Å². The molecule has 1 heterocycles. The number of carbonyl (C=O) groups excluding carboxylic acids is 1. The van der Waals surface area contributed by atoms with Gasteiger partial charge in [0.25, 0.3) is 0 Å². The summed E-state index contributed by atoms with van der Waals surface area (Å²) >= 11 is 6.87. The summed E-state index contributed by atoms with van der Waals surface area (Å²) in [6, 6.07) is 7.68. The number of amides is 1. The number of nitroso groups, excluding NO2 is 1. The standard InChI is InChI=1S/C20H22ClN5O2S/c1-25-18-8-7-16(23-11-10-21)12-17(18)24-20(25)26(28)29-13-15-4-2-14(3-5-15)6-9-19(22)27/h2-7,9,12,18,23H,8,10-11,13H2,1H3,(H-,22,27)/p+1. The maximum atomic E-state index is 12.6. The molecule has 0 saturated heterocycles. The Hall–Kier alpha value is -2.58. The van der Waals surface area contributed by atoms with Gasteiger partial charge in [0.05, 0.1) is 24.7 Å². The van der Waals surface area contributed by atoms with Crippen molar-refractivity contribution >= 4 is 41.5 Å². The number of nitrogens with one attached hydrogen (secondary N) is 1. The molecule has 0 aromatic heterocycles. The summed E-state index contributed by atoms with van der Waals surface area (Å²) in [5.41, 5.74) is 8.84. The van der Waals surface area contributed by atoms with Gasteiger partial charge in [0.1, 0.15) is 6.04 Å². The zero-order valence-electron chi connectivity index (χ0n) is 16.0. The maximum Gasteiger partial charge on any atom is 0.442 e. The lowest BCUT2D eigenvalue weighted by Gasteiger charge is -2.18. The molecule has 3 rings (SSSR count). The number of carbonyl (C=O) groups is 1. The molecule has 1 aromatic rings. The van der Waals surface area contributed by atoms with E-state index in [1.54, 1.807) is 6.08 Å². The molecule has 29 heavy (non-hydrogen) atoms. The van der Waals surface area contributed by atoms with Gasteiger partial charge in [-0.2, -0.15) is 0 Å². The molecule has 1 aromatic carbocycles. The molecule has 1 aliphatic heterocycles. The minimum absolute atomic E-state index is 0.0833. The van der Waals surface area contributed by atoms with Crippen molar-refractivity contribution in [1.82, 2.24) is 10.2 Å². The number of alkyl halides is 1. The van der Waals surface area contributed by atoms with Gasteiger partial charge in [0, 0.05) is 40.9 Å². The lowest BCUT2D eigenvalue weighted by molar-refractivity contribution is -0.243. The number of likely N-dealkylation sites (N-methyl/N-ethyl adjacent to an activating group) is 1. The average Bonchev–Trinajstić information content (AvgIpc) is 3.05. The van der Waals surface area contributed by atoms with Crippen LogP contribution in [0.2, 0.25) is 0 Å². The number of hydrogen-bond acceptors (Lipinski definition) is 6. The van der Waals surface area contributed by atoms with E-state index >= 15 is 0 Å². The van der Waals surface area contributed by atoms with Crippen molar-refractivity contribution < 1.29 is 8.96 Å². The first kappa shape index (κ1) is 21.1. The van der Waals surface area contributed by atoms with E-state index < -0.39 is 5.91 Å². The number of aliphatic imine (C=N–C) groups is 1. The highest BCUT2D eigenvalue weighted by Crippen LogP contribution is 2.29. The van der Waals surface area contributed by atoms with Gasteiger partial charge in [-0.25, -0.2) is 0 Å². The van der Waals surface area contributed by atoms with Gasteiger partial charge < -0.3 is 11.1 Å². The highest BCUT2D eigenvalue weighted by atomic mass is 35.5. The van der Waals surface area contributed by atoms with E-state index in [1.165, 1.54) is 6.08 Å². The van der Waals surface area contributed by atoms with E-state index in [0.717, 1.165) is 45.1 Å². The molecule has 0 fully saturated rings. The maximum absolute atomic E-state index is 12.6. The molecule has 3 N–H and O–H groups in total. The zero-order valence-corrected chi connectivity index (χ0v) is 17.6. The highest BCUT2D eigenvalue weighted by molar-refractivity contribution is 7.92. The number of allylic oxidation sites excluding steroid dienone is 1. The van der Waals surface area contributed by atoms with Crippen molar-refractivity contribution in [2.75, 3.05) is 19.5 Å². The summed E-state index contributed by atoms with van der Waals surface area (Å²) in [6.45, 7) is 0.689. The number of nitrogens with two attached hydrogens (primary N) is 1. The average molecular weight is 433 g/mol.